The van der Waals surface area contributed by atoms with Crippen LogP contribution in [0, 0.1) is 11.8 Å². The maximum atomic E-state index is 8.61. The van der Waals surface area contributed by atoms with Crippen LogP contribution in [0.4, 0.5) is 0 Å². The fourth-order valence-electron chi connectivity index (χ4n) is 2.39. The molecule has 0 radical (unpaired) electrons. The molecule has 1 aliphatic rings. The quantitative estimate of drug-likeness (QED) is 0.544. The smallest absolute Gasteiger partial charge is 0.0779 e. The van der Waals surface area contributed by atoms with Crippen molar-refractivity contribution >= 4 is 6.21 Å². The largest absolute Gasteiger partial charge is 0.391 e. The molecule has 0 heterocycles. The molecule has 0 aliphatic heterocycles. The fourth-order valence-corrected chi connectivity index (χ4v) is 2.39. The highest BCUT2D eigenvalue weighted by atomic mass is 16.2. The zero-order valence-corrected chi connectivity index (χ0v) is 10.7. The molecule has 0 aromatic heterocycles. The van der Waals surface area contributed by atoms with Gasteiger partial charge in [0.05, 0.1) is 6.61 Å². The van der Waals surface area contributed by atoms with Gasteiger partial charge in [0, 0.05) is 12.8 Å². The van der Waals surface area contributed by atoms with Gasteiger partial charge in [-0.1, -0.05) is 25.5 Å². The second-order valence-electron chi connectivity index (χ2n) is 4.82. The van der Waals surface area contributed by atoms with E-state index in [2.05, 4.69) is 24.9 Å². The first kappa shape index (κ1) is 13.4. The number of allylic oxidation sites excluding steroid dienone is 2. The number of aliphatic imine (C=N–C) groups is 1. The monoisotopic (exact) mass is 223 g/mol. The standard InChI is InChI=1S/C14H25NO/c1-3-13(8-9-15-10-11-16)14-6-4-12(2)5-7-14/h6,10,12-13,16H,3-5,7-9,11H2,1-2H3. The molecule has 0 aromatic rings. The molecule has 0 saturated carbocycles. The van der Waals surface area contributed by atoms with Crippen LogP contribution in [0.25, 0.3) is 0 Å². The third kappa shape index (κ3) is 4.48. The van der Waals surface area contributed by atoms with Gasteiger partial charge in [-0.3, -0.25) is 4.99 Å². The zero-order valence-electron chi connectivity index (χ0n) is 10.7. The minimum Gasteiger partial charge on any atom is -0.391 e. The third-order valence-corrected chi connectivity index (χ3v) is 3.54. The first-order valence-corrected chi connectivity index (χ1v) is 6.56. The molecule has 16 heavy (non-hydrogen) atoms. The molecule has 0 aromatic carbocycles. The minimum atomic E-state index is 0.0665. The van der Waals surface area contributed by atoms with Gasteiger partial charge >= 0.3 is 0 Å². The van der Waals surface area contributed by atoms with E-state index in [0.29, 0.717) is 5.92 Å². The first-order chi connectivity index (χ1) is 7.77. The van der Waals surface area contributed by atoms with Crippen molar-refractivity contribution in [1.82, 2.24) is 0 Å². The number of hydrogen-bond acceptors (Lipinski definition) is 2. The van der Waals surface area contributed by atoms with Gasteiger partial charge < -0.3 is 5.11 Å². The summed E-state index contributed by atoms with van der Waals surface area (Å²) < 4.78 is 0. The van der Waals surface area contributed by atoms with Crippen molar-refractivity contribution in [2.45, 2.75) is 46.0 Å². The van der Waals surface area contributed by atoms with Crippen molar-refractivity contribution in [3.8, 4) is 0 Å². The Morgan fingerprint density at radius 3 is 3.00 bits per heavy atom. The summed E-state index contributed by atoms with van der Waals surface area (Å²) in [4.78, 5) is 4.19. The highest BCUT2D eigenvalue weighted by Crippen LogP contribution is 2.31. The lowest BCUT2D eigenvalue weighted by atomic mass is 9.82. The summed E-state index contributed by atoms with van der Waals surface area (Å²) in [5, 5.41) is 8.61. The third-order valence-electron chi connectivity index (χ3n) is 3.54. The van der Waals surface area contributed by atoms with Gasteiger partial charge in [0.1, 0.15) is 0 Å². The number of hydrogen-bond donors (Lipinski definition) is 1. The molecule has 2 unspecified atom stereocenters. The molecule has 1 rings (SSSR count). The van der Waals surface area contributed by atoms with Crippen LogP contribution >= 0.6 is 0 Å². The normalized spacial score (nSPS) is 23.4. The van der Waals surface area contributed by atoms with Crippen LogP contribution in [0.2, 0.25) is 0 Å². The van der Waals surface area contributed by atoms with Crippen LogP contribution in [0.3, 0.4) is 0 Å². The Hall–Kier alpha value is -0.630. The molecule has 92 valence electrons. The van der Waals surface area contributed by atoms with Crippen LogP contribution in [-0.2, 0) is 0 Å². The molecule has 2 nitrogen and oxygen atoms in total. The lowest BCUT2D eigenvalue weighted by molar-refractivity contribution is 0.361. The van der Waals surface area contributed by atoms with Crippen LogP contribution in [-0.4, -0.2) is 24.5 Å². The molecule has 0 spiro atoms. The van der Waals surface area contributed by atoms with E-state index in [9.17, 15) is 0 Å². The highest BCUT2D eigenvalue weighted by Gasteiger charge is 2.16. The molecule has 0 bridgehead atoms. The van der Waals surface area contributed by atoms with Crippen molar-refractivity contribution in [3.63, 3.8) is 0 Å². The van der Waals surface area contributed by atoms with Crippen molar-refractivity contribution in [3.05, 3.63) is 11.6 Å². The van der Waals surface area contributed by atoms with Crippen LogP contribution in [0.1, 0.15) is 46.0 Å². The Morgan fingerprint density at radius 2 is 2.44 bits per heavy atom. The molecule has 0 saturated heterocycles. The van der Waals surface area contributed by atoms with Crippen LogP contribution in [0.15, 0.2) is 16.6 Å². The summed E-state index contributed by atoms with van der Waals surface area (Å²) >= 11 is 0. The Bertz CT molecular complexity index is 245. The lowest BCUT2D eigenvalue weighted by Crippen LogP contribution is -2.11. The van der Waals surface area contributed by atoms with Crippen molar-refractivity contribution in [1.29, 1.82) is 0 Å². The number of aliphatic hydroxyl groups is 1. The number of rotatable bonds is 6. The maximum absolute atomic E-state index is 8.61. The predicted molar refractivity (Wildman–Crippen MR) is 69.9 cm³/mol. The van der Waals surface area contributed by atoms with Crippen LogP contribution < -0.4 is 0 Å². The summed E-state index contributed by atoms with van der Waals surface area (Å²) in [6.07, 6.45) is 10.3. The maximum Gasteiger partial charge on any atom is 0.0779 e. The lowest BCUT2D eigenvalue weighted by Gasteiger charge is -2.24. The molecular weight excluding hydrogens is 198 g/mol. The first-order valence-electron chi connectivity index (χ1n) is 6.56. The molecular formula is C14H25NO. The second kappa shape index (κ2) is 7.61. The summed E-state index contributed by atoms with van der Waals surface area (Å²) in [5.41, 5.74) is 1.65. The topological polar surface area (TPSA) is 32.6 Å². The van der Waals surface area contributed by atoms with E-state index in [1.165, 1.54) is 25.7 Å². The summed E-state index contributed by atoms with van der Waals surface area (Å²) in [5.74, 6) is 1.58. The zero-order chi connectivity index (χ0) is 11.8. The van der Waals surface area contributed by atoms with Gasteiger partial charge in [-0.25, -0.2) is 0 Å². The molecule has 1 N–H and O–H groups in total. The van der Waals surface area contributed by atoms with E-state index in [1.807, 2.05) is 0 Å². The van der Waals surface area contributed by atoms with Gasteiger partial charge in [0.25, 0.3) is 0 Å². The van der Waals surface area contributed by atoms with E-state index in [-0.39, 0.29) is 6.61 Å². The van der Waals surface area contributed by atoms with E-state index < -0.39 is 0 Å². The summed E-state index contributed by atoms with van der Waals surface area (Å²) in [7, 11) is 0. The van der Waals surface area contributed by atoms with E-state index in [4.69, 9.17) is 5.11 Å². The Morgan fingerprint density at radius 1 is 1.62 bits per heavy atom. The van der Waals surface area contributed by atoms with Crippen molar-refractivity contribution in [2.75, 3.05) is 13.2 Å². The SMILES string of the molecule is CCC(CCN=CCO)C1=CCC(C)CC1. The highest BCUT2D eigenvalue weighted by molar-refractivity contribution is 5.57. The van der Waals surface area contributed by atoms with Crippen molar-refractivity contribution < 1.29 is 5.11 Å². The Kier molecular flexibility index (Phi) is 6.39. The number of nitrogens with zero attached hydrogens (tertiary/aromatic N) is 1. The molecule has 2 atom stereocenters. The fraction of sp³-hybridized carbons (Fsp3) is 0.786. The number of aliphatic hydroxyl groups excluding tert-OH is 1. The van der Waals surface area contributed by atoms with Gasteiger partial charge in [-0.05, 0) is 43.9 Å². The molecule has 0 amide bonds. The molecule has 1 aliphatic carbocycles. The average Bonchev–Trinajstić information content (AvgIpc) is 2.31. The van der Waals surface area contributed by atoms with Crippen molar-refractivity contribution in [2.24, 2.45) is 16.8 Å². The molecule has 2 heteroatoms. The van der Waals surface area contributed by atoms with E-state index in [1.54, 1.807) is 11.8 Å². The van der Waals surface area contributed by atoms with Gasteiger partial charge in [0.15, 0.2) is 0 Å². The van der Waals surface area contributed by atoms with E-state index in [0.717, 1.165) is 18.9 Å². The second-order valence-corrected chi connectivity index (χ2v) is 4.82. The Labute approximate surface area is 99.5 Å². The van der Waals surface area contributed by atoms with Crippen LogP contribution in [0.5, 0.6) is 0 Å². The average molecular weight is 223 g/mol. The predicted octanol–water partition coefficient (Wildman–Crippen LogP) is 3.21. The van der Waals surface area contributed by atoms with Gasteiger partial charge in [-0.2, -0.15) is 0 Å². The van der Waals surface area contributed by atoms with Gasteiger partial charge in [-0.15, -0.1) is 0 Å². The minimum absolute atomic E-state index is 0.0665. The van der Waals surface area contributed by atoms with E-state index >= 15 is 0 Å². The Balaban J connectivity index is 2.38. The summed E-state index contributed by atoms with van der Waals surface area (Å²) in [6, 6.07) is 0. The molecule has 0 fully saturated rings. The van der Waals surface area contributed by atoms with Gasteiger partial charge in [0.2, 0.25) is 0 Å². The summed E-state index contributed by atoms with van der Waals surface area (Å²) in [6.45, 7) is 5.52.